The average molecular weight is 366 g/mol. The number of hydrogen-bond acceptors (Lipinski definition) is 5. The number of thiazole rings is 1. The average Bonchev–Trinajstić information content (AvgIpc) is 3.18. The second kappa shape index (κ2) is 7.89. The van der Waals surface area contributed by atoms with Crippen molar-refractivity contribution < 1.29 is 4.74 Å². The lowest BCUT2D eigenvalue weighted by atomic mass is 10.2. The summed E-state index contributed by atoms with van der Waals surface area (Å²) in [6, 6.07) is 18.8. The highest BCUT2D eigenvalue weighted by molar-refractivity contribution is 7.13. The summed E-state index contributed by atoms with van der Waals surface area (Å²) in [5.41, 5.74) is 3.64. The molecule has 0 atom stereocenters. The van der Waals surface area contributed by atoms with E-state index in [0.29, 0.717) is 0 Å². The van der Waals surface area contributed by atoms with Crippen molar-refractivity contribution >= 4 is 17.0 Å². The quantitative estimate of drug-likeness (QED) is 0.679. The second-order valence-corrected chi connectivity index (χ2v) is 7.33. The van der Waals surface area contributed by atoms with Crippen LogP contribution in [0.15, 0.2) is 60.0 Å². The maximum atomic E-state index is 5.24. The molecule has 1 fully saturated rings. The summed E-state index contributed by atoms with van der Waals surface area (Å²) in [6.45, 7) is 5.14. The predicted octanol–water partition coefficient (Wildman–Crippen LogP) is 4.14. The Morgan fingerprint density at radius 1 is 0.962 bits per heavy atom. The summed E-state index contributed by atoms with van der Waals surface area (Å²) in [5, 5.41) is 3.30. The maximum Gasteiger partial charge on any atom is 0.123 e. The molecule has 4 nitrogen and oxygen atoms in total. The van der Waals surface area contributed by atoms with E-state index < -0.39 is 0 Å². The Kier molecular flexibility index (Phi) is 5.18. The zero-order valence-electron chi connectivity index (χ0n) is 15.0. The van der Waals surface area contributed by atoms with E-state index in [9.17, 15) is 0 Å². The highest BCUT2D eigenvalue weighted by Crippen LogP contribution is 2.25. The van der Waals surface area contributed by atoms with Crippen LogP contribution in [0, 0.1) is 0 Å². The molecule has 3 aromatic rings. The molecule has 1 aliphatic rings. The van der Waals surface area contributed by atoms with Gasteiger partial charge in [0.25, 0.3) is 0 Å². The molecule has 4 rings (SSSR count). The number of piperazine rings is 1. The van der Waals surface area contributed by atoms with Crippen molar-refractivity contribution in [2.45, 2.75) is 6.54 Å². The first-order valence-electron chi connectivity index (χ1n) is 8.93. The van der Waals surface area contributed by atoms with Gasteiger partial charge in [0.15, 0.2) is 0 Å². The zero-order chi connectivity index (χ0) is 17.8. The molecule has 0 saturated carbocycles. The summed E-state index contributed by atoms with van der Waals surface area (Å²) in [6.07, 6.45) is 0. The topological polar surface area (TPSA) is 28.6 Å². The Hall–Kier alpha value is -2.37. The number of methoxy groups -OCH3 is 1. The van der Waals surface area contributed by atoms with Crippen molar-refractivity contribution in [1.29, 1.82) is 0 Å². The summed E-state index contributed by atoms with van der Waals surface area (Å²) >= 11 is 1.73. The lowest BCUT2D eigenvalue weighted by Crippen LogP contribution is -2.46. The number of rotatable bonds is 5. The van der Waals surface area contributed by atoms with Gasteiger partial charge in [0.05, 0.1) is 12.8 Å². The van der Waals surface area contributed by atoms with E-state index in [-0.39, 0.29) is 0 Å². The molecule has 2 aromatic carbocycles. The van der Waals surface area contributed by atoms with Gasteiger partial charge in [0, 0.05) is 49.4 Å². The van der Waals surface area contributed by atoms with Crippen molar-refractivity contribution in [3.63, 3.8) is 0 Å². The van der Waals surface area contributed by atoms with Gasteiger partial charge in [0.1, 0.15) is 10.8 Å². The third-order valence-electron chi connectivity index (χ3n) is 4.77. The molecule has 0 radical (unpaired) electrons. The molecule has 0 N–H and O–H groups in total. The zero-order valence-corrected chi connectivity index (χ0v) is 15.8. The maximum absolute atomic E-state index is 5.24. The molecule has 2 heterocycles. The van der Waals surface area contributed by atoms with Gasteiger partial charge in [0.2, 0.25) is 0 Å². The molecular weight excluding hydrogens is 342 g/mol. The van der Waals surface area contributed by atoms with Gasteiger partial charge < -0.3 is 9.64 Å². The van der Waals surface area contributed by atoms with Crippen molar-refractivity contribution in [1.82, 2.24) is 9.88 Å². The van der Waals surface area contributed by atoms with E-state index in [0.717, 1.165) is 43.5 Å². The Bertz CT molecular complexity index is 824. The van der Waals surface area contributed by atoms with Gasteiger partial charge >= 0.3 is 0 Å². The van der Waals surface area contributed by atoms with Gasteiger partial charge in [-0.25, -0.2) is 4.98 Å². The van der Waals surface area contributed by atoms with Crippen LogP contribution in [0.4, 0.5) is 5.69 Å². The van der Waals surface area contributed by atoms with Crippen LogP contribution in [0.1, 0.15) is 5.69 Å². The minimum Gasteiger partial charge on any atom is -0.497 e. The van der Waals surface area contributed by atoms with Crippen molar-refractivity contribution in [3.8, 4) is 16.3 Å². The number of ether oxygens (including phenoxy) is 1. The summed E-state index contributed by atoms with van der Waals surface area (Å²) in [5.74, 6) is 0.908. The van der Waals surface area contributed by atoms with Crippen LogP contribution < -0.4 is 9.64 Å². The van der Waals surface area contributed by atoms with Gasteiger partial charge in [-0.05, 0) is 24.3 Å². The third-order valence-corrected chi connectivity index (χ3v) is 5.71. The number of nitrogens with zero attached hydrogens (tertiary/aromatic N) is 3. The summed E-state index contributed by atoms with van der Waals surface area (Å²) in [7, 11) is 1.70. The molecule has 0 amide bonds. The monoisotopic (exact) mass is 365 g/mol. The fourth-order valence-corrected chi connectivity index (χ4v) is 4.10. The molecule has 1 aromatic heterocycles. The molecule has 0 spiro atoms. The fourth-order valence-electron chi connectivity index (χ4n) is 3.28. The molecule has 0 unspecified atom stereocenters. The number of hydrogen-bond donors (Lipinski definition) is 0. The molecule has 26 heavy (non-hydrogen) atoms. The minimum atomic E-state index is 0.908. The first-order valence-corrected chi connectivity index (χ1v) is 9.81. The molecule has 0 bridgehead atoms. The highest BCUT2D eigenvalue weighted by atomic mass is 32.1. The van der Waals surface area contributed by atoms with E-state index in [1.807, 2.05) is 18.2 Å². The van der Waals surface area contributed by atoms with Crippen LogP contribution in [0.3, 0.4) is 0 Å². The van der Waals surface area contributed by atoms with Crippen molar-refractivity contribution in [2.75, 3.05) is 38.2 Å². The third kappa shape index (κ3) is 3.89. The highest BCUT2D eigenvalue weighted by Gasteiger charge is 2.18. The fraction of sp³-hybridized carbons (Fsp3) is 0.286. The predicted molar refractivity (Wildman–Crippen MR) is 108 cm³/mol. The van der Waals surface area contributed by atoms with Crippen LogP contribution in [0.2, 0.25) is 0 Å². The minimum absolute atomic E-state index is 0.908. The van der Waals surface area contributed by atoms with E-state index >= 15 is 0 Å². The lowest BCUT2D eigenvalue weighted by Gasteiger charge is -2.35. The normalized spacial score (nSPS) is 15.2. The van der Waals surface area contributed by atoms with Crippen LogP contribution in [-0.4, -0.2) is 43.2 Å². The van der Waals surface area contributed by atoms with Gasteiger partial charge in [-0.15, -0.1) is 11.3 Å². The standard InChI is InChI=1S/C21H23N3OS/c1-25-20-9-7-19(8-10-20)24-13-11-23(12-14-24)15-18-16-26-21(22-18)17-5-3-2-4-6-17/h2-10,16H,11-15H2,1H3. The Balaban J connectivity index is 1.33. The van der Waals surface area contributed by atoms with Crippen LogP contribution in [0.5, 0.6) is 5.75 Å². The van der Waals surface area contributed by atoms with Crippen LogP contribution in [0.25, 0.3) is 10.6 Å². The smallest absolute Gasteiger partial charge is 0.123 e. The number of anilines is 1. The molecular formula is C21H23N3OS. The first kappa shape index (κ1) is 17.1. The van der Waals surface area contributed by atoms with Crippen LogP contribution >= 0.6 is 11.3 Å². The second-order valence-electron chi connectivity index (χ2n) is 6.47. The molecule has 1 saturated heterocycles. The lowest BCUT2D eigenvalue weighted by molar-refractivity contribution is 0.247. The van der Waals surface area contributed by atoms with Crippen molar-refractivity contribution in [3.05, 3.63) is 65.7 Å². The number of aromatic nitrogens is 1. The van der Waals surface area contributed by atoms with Crippen molar-refractivity contribution in [2.24, 2.45) is 0 Å². The molecule has 0 aliphatic carbocycles. The molecule has 5 heteroatoms. The van der Waals surface area contributed by atoms with Gasteiger partial charge in [-0.3, -0.25) is 4.90 Å². The van der Waals surface area contributed by atoms with Gasteiger partial charge in [-0.1, -0.05) is 30.3 Å². The van der Waals surface area contributed by atoms with Gasteiger partial charge in [-0.2, -0.15) is 0 Å². The van der Waals surface area contributed by atoms with E-state index in [1.165, 1.54) is 16.9 Å². The first-order chi connectivity index (χ1) is 12.8. The Labute approximate surface area is 158 Å². The molecule has 134 valence electrons. The Morgan fingerprint density at radius 2 is 1.69 bits per heavy atom. The van der Waals surface area contributed by atoms with Crippen LogP contribution in [-0.2, 0) is 6.54 Å². The SMILES string of the molecule is COc1ccc(N2CCN(Cc3csc(-c4ccccc4)n3)CC2)cc1. The number of benzene rings is 2. The van der Waals surface area contributed by atoms with E-state index in [2.05, 4.69) is 51.6 Å². The summed E-state index contributed by atoms with van der Waals surface area (Å²) in [4.78, 5) is 9.75. The van der Waals surface area contributed by atoms with E-state index in [4.69, 9.17) is 9.72 Å². The van der Waals surface area contributed by atoms with E-state index in [1.54, 1.807) is 18.4 Å². The summed E-state index contributed by atoms with van der Waals surface area (Å²) < 4.78 is 5.24. The Morgan fingerprint density at radius 3 is 2.38 bits per heavy atom. The largest absolute Gasteiger partial charge is 0.497 e. The molecule has 1 aliphatic heterocycles.